The summed E-state index contributed by atoms with van der Waals surface area (Å²) in [4.78, 5) is 21.6. The molecule has 0 aliphatic rings. The van der Waals surface area contributed by atoms with Crippen molar-refractivity contribution < 1.29 is 14.7 Å². The standard InChI is InChI=1S/C8H17N3O3/c1-5(12)2-3-11-8(14)6(9)4-7(10)13/h5-6,12H,2-4,9H2,1H3,(H2,10,13)(H,11,14). The number of aliphatic hydroxyl groups is 1. The summed E-state index contributed by atoms with van der Waals surface area (Å²) in [6, 6.07) is -0.901. The van der Waals surface area contributed by atoms with Gasteiger partial charge in [0.2, 0.25) is 11.8 Å². The fourth-order valence-electron chi connectivity index (χ4n) is 0.845. The fraction of sp³-hybridized carbons (Fsp3) is 0.750. The number of rotatable bonds is 6. The molecule has 0 aliphatic heterocycles. The van der Waals surface area contributed by atoms with Crippen LogP contribution in [0.5, 0.6) is 0 Å². The maximum Gasteiger partial charge on any atom is 0.237 e. The molecule has 82 valence electrons. The molecule has 6 heteroatoms. The van der Waals surface area contributed by atoms with Gasteiger partial charge >= 0.3 is 0 Å². The Balaban J connectivity index is 3.67. The average molecular weight is 203 g/mol. The summed E-state index contributed by atoms with van der Waals surface area (Å²) >= 11 is 0. The van der Waals surface area contributed by atoms with Crippen LogP contribution in [-0.2, 0) is 9.59 Å². The molecule has 6 nitrogen and oxygen atoms in total. The van der Waals surface area contributed by atoms with Crippen LogP contribution in [0, 0.1) is 0 Å². The number of carbonyl (C=O) groups excluding carboxylic acids is 2. The molecule has 14 heavy (non-hydrogen) atoms. The molecule has 0 saturated carbocycles. The van der Waals surface area contributed by atoms with Crippen molar-refractivity contribution in [2.45, 2.75) is 31.9 Å². The second-order valence-corrected chi connectivity index (χ2v) is 3.21. The molecule has 0 aliphatic carbocycles. The van der Waals surface area contributed by atoms with Gasteiger partial charge in [-0.25, -0.2) is 0 Å². The normalized spacial score (nSPS) is 14.5. The van der Waals surface area contributed by atoms with Crippen LogP contribution in [0.1, 0.15) is 19.8 Å². The van der Waals surface area contributed by atoms with Gasteiger partial charge in [-0.3, -0.25) is 9.59 Å². The first-order valence-electron chi connectivity index (χ1n) is 4.43. The van der Waals surface area contributed by atoms with Gasteiger partial charge in [-0.1, -0.05) is 0 Å². The smallest absolute Gasteiger partial charge is 0.237 e. The monoisotopic (exact) mass is 203 g/mol. The van der Waals surface area contributed by atoms with E-state index in [1.807, 2.05) is 0 Å². The Morgan fingerprint density at radius 2 is 2.07 bits per heavy atom. The largest absolute Gasteiger partial charge is 0.393 e. The lowest BCUT2D eigenvalue weighted by atomic mass is 10.2. The molecule has 2 unspecified atom stereocenters. The predicted octanol–water partition coefficient (Wildman–Crippen LogP) is -1.92. The number of aliphatic hydroxyl groups excluding tert-OH is 1. The van der Waals surface area contributed by atoms with Crippen molar-refractivity contribution in [3.05, 3.63) is 0 Å². The van der Waals surface area contributed by atoms with Crippen molar-refractivity contribution in [1.29, 1.82) is 0 Å². The van der Waals surface area contributed by atoms with Gasteiger partial charge in [0.25, 0.3) is 0 Å². The van der Waals surface area contributed by atoms with Crippen molar-refractivity contribution >= 4 is 11.8 Å². The molecular formula is C8H17N3O3. The molecule has 0 aromatic rings. The zero-order valence-electron chi connectivity index (χ0n) is 8.19. The number of nitrogens with one attached hydrogen (secondary N) is 1. The summed E-state index contributed by atoms with van der Waals surface area (Å²) in [7, 11) is 0. The third-order valence-corrected chi connectivity index (χ3v) is 1.62. The summed E-state index contributed by atoms with van der Waals surface area (Å²) in [5.74, 6) is -1.03. The Hall–Kier alpha value is -1.14. The minimum Gasteiger partial charge on any atom is -0.393 e. The molecule has 2 amide bonds. The molecular weight excluding hydrogens is 186 g/mol. The molecule has 0 aromatic heterocycles. The van der Waals surface area contributed by atoms with Crippen molar-refractivity contribution in [3.8, 4) is 0 Å². The lowest BCUT2D eigenvalue weighted by Crippen LogP contribution is -2.43. The quantitative estimate of drug-likeness (QED) is 0.402. The van der Waals surface area contributed by atoms with Gasteiger partial charge < -0.3 is 21.9 Å². The lowest BCUT2D eigenvalue weighted by Gasteiger charge is -2.10. The van der Waals surface area contributed by atoms with E-state index in [2.05, 4.69) is 5.32 Å². The lowest BCUT2D eigenvalue weighted by molar-refractivity contribution is -0.126. The van der Waals surface area contributed by atoms with Gasteiger partial charge in [-0.15, -0.1) is 0 Å². The minimum atomic E-state index is -0.901. The van der Waals surface area contributed by atoms with Crippen molar-refractivity contribution in [2.24, 2.45) is 11.5 Å². The highest BCUT2D eigenvalue weighted by molar-refractivity contribution is 5.87. The Kier molecular flexibility index (Phi) is 5.82. The molecule has 0 bridgehead atoms. The predicted molar refractivity (Wildman–Crippen MR) is 51.1 cm³/mol. The summed E-state index contributed by atoms with van der Waals surface area (Å²) in [6.07, 6.45) is -0.183. The second kappa shape index (κ2) is 6.33. The van der Waals surface area contributed by atoms with Crippen molar-refractivity contribution in [1.82, 2.24) is 5.32 Å². The highest BCUT2D eigenvalue weighted by Gasteiger charge is 2.15. The van der Waals surface area contributed by atoms with Crippen LogP contribution in [0.25, 0.3) is 0 Å². The van der Waals surface area contributed by atoms with E-state index in [-0.39, 0.29) is 6.42 Å². The first-order valence-corrected chi connectivity index (χ1v) is 4.43. The molecule has 0 heterocycles. The summed E-state index contributed by atoms with van der Waals surface area (Å²) < 4.78 is 0. The number of hydrogen-bond acceptors (Lipinski definition) is 4. The first kappa shape index (κ1) is 12.9. The molecule has 0 saturated heterocycles. The van der Waals surface area contributed by atoms with E-state index in [0.717, 1.165) is 0 Å². The van der Waals surface area contributed by atoms with E-state index in [1.54, 1.807) is 6.92 Å². The van der Waals surface area contributed by atoms with Gasteiger partial charge in [0.15, 0.2) is 0 Å². The van der Waals surface area contributed by atoms with Crippen molar-refractivity contribution in [2.75, 3.05) is 6.54 Å². The number of nitrogens with two attached hydrogens (primary N) is 2. The van der Waals surface area contributed by atoms with Gasteiger partial charge in [-0.2, -0.15) is 0 Å². The van der Waals surface area contributed by atoms with Crippen molar-refractivity contribution in [3.63, 3.8) is 0 Å². The van der Waals surface area contributed by atoms with E-state index < -0.39 is 24.0 Å². The van der Waals surface area contributed by atoms with E-state index >= 15 is 0 Å². The van der Waals surface area contributed by atoms with Crippen LogP contribution in [0.3, 0.4) is 0 Å². The summed E-state index contributed by atoms with van der Waals surface area (Å²) in [5.41, 5.74) is 10.2. The van der Waals surface area contributed by atoms with Gasteiger partial charge in [0.05, 0.1) is 18.6 Å². The Morgan fingerprint density at radius 3 is 2.50 bits per heavy atom. The number of hydrogen-bond donors (Lipinski definition) is 4. The Bertz CT molecular complexity index is 206. The molecule has 2 atom stereocenters. The van der Waals surface area contributed by atoms with E-state index in [4.69, 9.17) is 16.6 Å². The molecule has 0 aromatic carbocycles. The van der Waals surface area contributed by atoms with Crippen LogP contribution >= 0.6 is 0 Å². The highest BCUT2D eigenvalue weighted by Crippen LogP contribution is 1.89. The van der Waals surface area contributed by atoms with Crippen LogP contribution in [0.2, 0.25) is 0 Å². The number of carbonyl (C=O) groups is 2. The van der Waals surface area contributed by atoms with Crippen LogP contribution in [-0.4, -0.2) is 35.6 Å². The third kappa shape index (κ3) is 6.38. The zero-order chi connectivity index (χ0) is 11.1. The summed E-state index contributed by atoms with van der Waals surface area (Å²) in [6.45, 7) is 1.96. The molecule has 6 N–H and O–H groups in total. The number of amides is 2. The summed E-state index contributed by atoms with van der Waals surface area (Å²) in [5, 5.41) is 11.4. The molecule has 0 rings (SSSR count). The van der Waals surface area contributed by atoms with E-state index in [1.165, 1.54) is 0 Å². The maximum absolute atomic E-state index is 11.1. The van der Waals surface area contributed by atoms with Gasteiger partial charge in [-0.05, 0) is 13.3 Å². The van der Waals surface area contributed by atoms with Crippen LogP contribution in [0.15, 0.2) is 0 Å². The fourth-order valence-corrected chi connectivity index (χ4v) is 0.845. The molecule has 0 spiro atoms. The third-order valence-electron chi connectivity index (χ3n) is 1.62. The Morgan fingerprint density at radius 1 is 1.50 bits per heavy atom. The first-order chi connectivity index (χ1) is 6.43. The van der Waals surface area contributed by atoms with Crippen LogP contribution < -0.4 is 16.8 Å². The SMILES string of the molecule is CC(O)CCNC(=O)C(N)CC(N)=O. The minimum absolute atomic E-state index is 0.166. The average Bonchev–Trinajstić information content (AvgIpc) is 2.01. The number of primary amides is 1. The van der Waals surface area contributed by atoms with E-state index in [0.29, 0.717) is 13.0 Å². The molecule has 0 radical (unpaired) electrons. The van der Waals surface area contributed by atoms with Gasteiger partial charge in [0, 0.05) is 6.54 Å². The topological polar surface area (TPSA) is 118 Å². The van der Waals surface area contributed by atoms with E-state index in [9.17, 15) is 9.59 Å². The van der Waals surface area contributed by atoms with Crippen LogP contribution in [0.4, 0.5) is 0 Å². The second-order valence-electron chi connectivity index (χ2n) is 3.21. The van der Waals surface area contributed by atoms with Gasteiger partial charge in [0.1, 0.15) is 0 Å². The zero-order valence-corrected chi connectivity index (χ0v) is 8.19. The Labute approximate surface area is 82.6 Å². The maximum atomic E-state index is 11.1. The molecule has 0 fully saturated rings. The highest BCUT2D eigenvalue weighted by atomic mass is 16.3.